The van der Waals surface area contributed by atoms with Gasteiger partial charge in [-0.25, -0.2) is 23.4 Å². The van der Waals surface area contributed by atoms with Crippen LogP contribution in [0.15, 0.2) is 60.7 Å². The van der Waals surface area contributed by atoms with Gasteiger partial charge in [-0.3, -0.25) is 10.1 Å². The fraction of sp³-hybridized carbons (Fsp3) is 0.487. The number of hydrogen-bond acceptors (Lipinski definition) is 8. The molecule has 1 aliphatic carbocycles. The van der Waals surface area contributed by atoms with E-state index in [0.29, 0.717) is 36.7 Å². The largest absolute Gasteiger partial charge is 0.444 e. The van der Waals surface area contributed by atoms with E-state index < -0.39 is 23.9 Å². The average Bonchev–Trinajstić information content (AvgIpc) is 3.80. The maximum Gasteiger partial charge on any atom is 0.410 e. The zero-order chi connectivity index (χ0) is 37.6. The van der Waals surface area contributed by atoms with Gasteiger partial charge in [-0.2, -0.15) is 0 Å². The lowest BCUT2D eigenvalue weighted by atomic mass is 9.65. The minimum absolute atomic E-state index is 0.0195. The number of halogens is 2. The number of hydroxylamine groups is 2. The number of aromatic nitrogens is 2. The summed E-state index contributed by atoms with van der Waals surface area (Å²) in [4.78, 5) is 52.0. The molecule has 1 atom stereocenters. The third-order valence-electron chi connectivity index (χ3n) is 10.1. The molecule has 2 aromatic carbocycles. The molecule has 1 aliphatic heterocycles. The molecule has 1 saturated carbocycles. The summed E-state index contributed by atoms with van der Waals surface area (Å²) in [5, 5.41) is 4.60. The van der Waals surface area contributed by atoms with E-state index in [2.05, 4.69) is 26.1 Å². The first kappa shape index (κ1) is 37.4. The van der Waals surface area contributed by atoms with E-state index in [4.69, 9.17) is 14.6 Å². The third kappa shape index (κ3) is 8.15. The molecule has 3 heterocycles. The van der Waals surface area contributed by atoms with Gasteiger partial charge in [-0.1, -0.05) is 45.0 Å². The first-order chi connectivity index (χ1) is 24.4. The van der Waals surface area contributed by atoms with Crippen molar-refractivity contribution in [2.24, 2.45) is 10.8 Å². The topological polar surface area (TPSA) is 106 Å². The Hall–Kier alpha value is -4.36. The SMILES string of the molecule is C[C@H](N(Cc1ccc2c(c1)nc(NC(=O)c1ccc(C(F)F)s1)n2C1CC2(CCN(C(=O)OC(C)(C)C)C2)C1)OC(=O)c1ccccc1)C(C)(C)C. The molecule has 13 heteroatoms. The number of nitrogens with zero attached hydrogens (tertiary/aromatic N) is 4. The minimum atomic E-state index is -2.67. The Bertz CT molecular complexity index is 1940. The predicted octanol–water partition coefficient (Wildman–Crippen LogP) is 9.26. The molecule has 4 aromatic rings. The van der Waals surface area contributed by atoms with Crippen LogP contribution in [0.1, 0.15) is 111 Å². The summed E-state index contributed by atoms with van der Waals surface area (Å²) < 4.78 is 34.3. The monoisotopic (exact) mass is 735 g/mol. The number of anilines is 1. The highest BCUT2D eigenvalue weighted by atomic mass is 32.1. The van der Waals surface area contributed by atoms with Gasteiger partial charge in [0.15, 0.2) is 0 Å². The molecular weight excluding hydrogens is 689 g/mol. The van der Waals surface area contributed by atoms with Gasteiger partial charge in [0.25, 0.3) is 12.3 Å². The van der Waals surface area contributed by atoms with Crippen LogP contribution in [0.3, 0.4) is 0 Å². The molecule has 10 nitrogen and oxygen atoms in total. The molecule has 1 N–H and O–H groups in total. The number of fused-ring (bicyclic) bond motifs is 1. The number of likely N-dealkylation sites (tertiary alicyclic amines) is 1. The Morgan fingerprint density at radius 1 is 1.04 bits per heavy atom. The van der Waals surface area contributed by atoms with Gasteiger partial charge in [0.2, 0.25) is 5.95 Å². The number of thiophene rings is 1. The van der Waals surface area contributed by atoms with Gasteiger partial charge in [0.05, 0.1) is 32.9 Å². The second-order valence-corrected chi connectivity index (χ2v) is 17.3. The summed E-state index contributed by atoms with van der Waals surface area (Å²) >= 11 is 0.753. The number of amides is 2. The number of nitrogens with one attached hydrogen (secondary N) is 1. The van der Waals surface area contributed by atoms with Crippen molar-refractivity contribution < 1.29 is 32.7 Å². The van der Waals surface area contributed by atoms with Crippen molar-refractivity contribution in [3.8, 4) is 0 Å². The van der Waals surface area contributed by atoms with Crippen LogP contribution in [-0.4, -0.2) is 62.2 Å². The molecule has 278 valence electrons. The van der Waals surface area contributed by atoms with Crippen LogP contribution in [0, 0.1) is 10.8 Å². The van der Waals surface area contributed by atoms with Crippen molar-refractivity contribution in [2.75, 3.05) is 18.4 Å². The van der Waals surface area contributed by atoms with Crippen LogP contribution in [-0.2, 0) is 16.1 Å². The Labute approximate surface area is 307 Å². The van der Waals surface area contributed by atoms with E-state index in [9.17, 15) is 23.2 Å². The second kappa shape index (κ2) is 14.2. The summed E-state index contributed by atoms with van der Waals surface area (Å²) in [5.41, 5.74) is 1.85. The smallest absolute Gasteiger partial charge is 0.410 e. The number of alkyl halides is 2. The van der Waals surface area contributed by atoms with Gasteiger partial charge >= 0.3 is 12.1 Å². The fourth-order valence-electron chi connectivity index (χ4n) is 6.92. The standard InChI is InChI=1S/C39H47F2N5O5S/c1-24(37(2,3)4)45(51-34(48)26-11-9-8-10-12-26)22-25-13-14-29-28(19-25)42-35(43-33(47)31-16-15-30(52-31)32(40)41)46(29)27-20-39(21-27)17-18-44(23-39)36(49)50-38(5,6)7/h8-16,19,24,27,32H,17-18,20-23H2,1-7H3,(H,42,43,47)/t24-,27?,39?/m0/s1. The van der Waals surface area contributed by atoms with E-state index in [1.165, 1.54) is 12.1 Å². The zero-order valence-corrected chi connectivity index (χ0v) is 31.6. The van der Waals surface area contributed by atoms with Gasteiger partial charge in [-0.05, 0) is 99.7 Å². The number of benzene rings is 2. The average molecular weight is 736 g/mol. The minimum Gasteiger partial charge on any atom is -0.444 e. The molecule has 2 amide bonds. The summed E-state index contributed by atoms with van der Waals surface area (Å²) in [5.74, 6) is -0.647. The zero-order valence-electron chi connectivity index (χ0n) is 30.7. The Balaban J connectivity index is 1.28. The molecule has 1 saturated heterocycles. The molecule has 2 aliphatic rings. The molecule has 1 spiro atoms. The van der Waals surface area contributed by atoms with Gasteiger partial charge < -0.3 is 19.0 Å². The Morgan fingerprint density at radius 2 is 1.75 bits per heavy atom. The number of carbonyl (C=O) groups excluding carboxylic acids is 3. The summed E-state index contributed by atoms with van der Waals surface area (Å²) in [7, 11) is 0. The molecule has 0 unspecified atom stereocenters. The van der Waals surface area contributed by atoms with E-state index in [1.54, 1.807) is 34.2 Å². The van der Waals surface area contributed by atoms with Crippen LogP contribution in [0.2, 0.25) is 0 Å². The molecule has 0 radical (unpaired) electrons. The van der Waals surface area contributed by atoms with Crippen molar-refractivity contribution >= 4 is 46.3 Å². The molecular formula is C39H47F2N5O5S. The lowest BCUT2D eigenvalue weighted by Gasteiger charge is -2.46. The Morgan fingerprint density at radius 3 is 2.38 bits per heavy atom. The number of imidazole rings is 1. The lowest BCUT2D eigenvalue weighted by molar-refractivity contribution is -0.162. The number of hydrogen-bond donors (Lipinski definition) is 1. The Kier molecular flexibility index (Phi) is 10.2. The highest BCUT2D eigenvalue weighted by Crippen LogP contribution is 2.55. The van der Waals surface area contributed by atoms with Crippen LogP contribution < -0.4 is 5.32 Å². The van der Waals surface area contributed by atoms with Crippen molar-refractivity contribution in [1.82, 2.24) is 19.5 Å². The van der Waals surface area contributed by atoms with E-state index in [0.717, 1.165) is 41.7 Å². The van der Waals surface area contributed by atoms with Crippen molar-refractivity contribution in [3.05, 3.63) is 81.5 Å². The maximum atomic E-state index is 13.4. The quantitative estimate of drug-likeness (QED) is 0.171. The summed E-state index contributed by atoms with van der Waals surface area (Å²) in [6.45, 7) is 15.3. The number of carbonyl (C=O) groups is 3. The molecule has 2 fully saturated rings. The highest BCUT2D eigenvalue weighted by Gasteiger charge is 2.51. The molecule has 52 heavy (non-hydrogen) atoms. The molecule has 2 aromatic heterocycles. The lowest BCUT2D eigenvalue weighted by Crippen LogP contribution is -2.43. The summed E-state index contributed by atoms with van der Waals surface area (Å²) in [6.07, 6.45) is -0.604. The first-order valence-corrected chi connectivity index (χ1v) is 18.4. The molecule has 0 bridgehead atoms. The van der Waals surface area contributed by atoms with Crippen LogP contribution in [0.4, 0.5) is 19.5 Å². The van der Waals surface area contributed by atoms with Crippen molar-refractivity contribution in [1.29, 1.82) is 0 Å². The number of ether oxygens (including phenoxy) is 1. The van der Waals surface area contributed by atoms with Gasteiger partial charge in [0, 0.05) is 25.2 Å². The number of rotatable bonds is 9. The maximum absolute atomic E-state index is 13.4. The van der Waals surface area contributed by atoms with Gasteiger partial charge in [-0.15, -0.1) is 16.4 Å². The van der Waals surface area contributed by atoms with E-state index >= 15 is 0 Å². The fourth-order valence-corrected chi connectivity index (χ4v) is 7.68. The molecule has 6 rings (SSSR count). The third-order valence-corrected chi connectivity index (χ3v) is 11.2. The van der Waals surface area contributed by atoms with Crippen molar-refractivity contribution in [2.45, 2.75) is 98.4 Å². The van der Waals surface area contributed by atoms with Crippen LogP contribution in [0.5, 0.6) is 0 Å². The van der Waals surface area contributed by atoms with Crippen LogP contribution >= 0.6 is 11.3 Å². The second-order valence-electron chi connectivity index (χ2n) is 16.2. The first-order valence-electron chi connectivity index (χ1n) is 17.6. The normalized spacial score (nSPS) is 19.7. The van der Waals surface area contributed by atoms with Crippen molar-refractivity contribution in [3.63, 3.8) is 0 Å². The summed E-state index contributed by atoms with van der Waals surface area (Å²) in [6, 6.07) is 17.2. The van der Waals surface area contributed by atoms with E-state index in [-0.39, 0.29) is 38.8 Å². The van der Waals surface area contributed by atoms with E-state index in [1.807, 2.05) is 56.5 Å². The highest BCUT2D eigenvalue weighted by molar-refractivity contribution is 7.14. The van der Waals surface area contributed by atoms with Crippen LogP contribution in [0.25, 0.3) is 11.0 Å². The van der Waals surface area contributed by atoms with Gasteiger partial charge in [0.1, 0.15) is 5.60 Å². The predicted molar refractivity (Wildman–Crippen MR) is 196 cm³/mol.